The number of hydrogen-bond donors (Lipinski definition) is 3. The van der Waals surface area contributed by atoms with Gasteiger partial charge in [-0.2, -0.15) is 4.72 Å². The number of halogens is 2. The third-order valence-electron chi connectivity index (χ3n) is 1.87. The minimum Gasteiger partial charge on any atom is -0.326 e. The minimum absolute atomic E-state index is 0.0515. The summed E-state index contributed by atoms with van der Waals surface area (Å²) in [6, 6.07) is 3.31. The van der Waals surface area contributed by atoms with E-state index in [9.17, 15) is 17.5 Å². The van der Waals surface area contributed by atoms with E-state index in [1.807, 2.05) is 0 Å². The van der Waals surface area contributed by atoms with Crippen LogP contribution in [0.3, 0.4) is 0 Å². The lowest BCUT2D eigenvalue weighted by atomic mass is 10.4. The van der Waals surface area contributed by atoms with Crippen molar-refractivity contribution >= 4 is 49.7 Å². The molecule has 120 valence electrons. The standard InChI is InChI=1S/C7H9Cl2NO8P2S/c8-5-2-1-4(3-6(5)9)21(15,16)10-7(17-19(11)12)18-20(13)14/h1-3,7,10,19-20H,(H,11,12)(H,13,14). The van der Waals surface area contributed by atoms with Crippen molar-refractivity contribution in [1.82, 2.24) is 4.72 Å². The highest BCUT2D eigenvalue weighted by molar-refractivity contribution is 7.89. The van der Waals surface area contributed by atoms with Gasteiger partial charge in [0.1, 0.15) is 0 Å². The fourth-order valence-electron chi connectivity index (χ4n) is 1.09. The summed E-state index contributed by atoms with van der Waals surface area (Å²) in [5.41, 5.74) is 0. The molecule has 3 N–H and O–H groups in total. The molecule has 21 heavy (non-hydrogen) atoms. The smallest absolute Gasteiger partial charge is 0.319 e. The molecule has 0 saturated carbocycles. The molecule has 0 amide bonds. The quantitative estimate of drug-likeness (QED) is 0.461. The molecule has 1 aromatic rings. The summed E-state index contributed by atoms with van der Waals surface area (Å²) in [6.45, 7) is 0. The van der Waals surface area contributed by atoms with Crippen molar-refractivity contribution < 1.29 is 36.4 Å². The first-order valence-corrected chi connectivity index (χ1v) is 9.65. The molecule has 0 aromatic heterocycles. The zero-order chi connectivity index (χ0) is 16.2. The van der Waals surface area contributed by atoms with Crippen LogP contribution in [0.4, 0.5) is 0 Å². The highest BCUT2D eigenvalue weighted by Gasteiger charge is 2.24. The predicted octanol–water partition coefficient (Wildman–Crippen LogP) is 1.35. The summed E-state index contributed by atoms with van der Waals surface area (Å²) in [4.78, 5) is 16.8. The molecule has 0 spiro atoms. The summed E-state index contributed by atoms with van der Waals surface area (Å²) < 4.78 is 55.0. The lowest BCUT2D eigenvalue weighted by Crippen LogP contribution is -2.36. The maximum Gasteiger partial charge on any atom is 0.319 e. The summed E-state index contributed by atoms with van der Waals surface area (Å²) in [5.74, 6) is 0. The van der Waals surface area contributed by atoms with Crippen molar-refractivity contribution in [2.24, 2.45) is 0 Å². The number of hydrogen-bond acceptors (Lipinski definition) is 6. The third kappa shape index (κ3) is 6.33. The van der Waals surface area contributed by atoms with Gasteiger partial charge in [0, 0.05) is 0 Å². The van der Waals surface area contributed by atoms with Crippen LogP contribution in [0.15, 0.2) is 23.1 Å². The zero-order valence-electron chi connectivity index (χ0n) is 9.82. The maximum atomic E-state index is 12.0. The van der Waals surface area contributed by atoms with E-state index < -0.39 is 32.9 Å². The molecule has 14 heteroatoms. The van der Waals surface area contributed by atoms with Crippen LogP contribution < -0.4 is 4.72 Å². The Morgan fingerprint density at radius 2 is 1.62 bits per heavy atom. The highest BCUT2D eigenvalue weighted by atomic mass is 35.5. The maximum absolute atomic E-state index is 12.0. The van der Waals surface area contributed by atoms with Gasteiger partial charge in [0.2, 0.25) is 16.4 Å². The molecule has 2 atom stereocenters. The van der Waals surface area contributed by atoms with Gasteiger partial charge < -0.3 is 9.79 Å². The number of sulfonamides is 1. The third-order valence-corrected chi connectivity index (χ3v) is 4.82. The Bertz CT molecular complexity index is 653. The lowest BCUT2D eigenvalue weighted by Gasteiger charge is -2.16. The Labute approximate surface area is 130 Å². The summed E-state index contributed by atoms with van der Waals surface area (Å²) in [6.07, 6.45) is -2.11. The van der Waals surface area contributed by atoms with Gasteiger partial charge in [-0.05, 0) is 18.2 Å². The van der Waals surface area contributed by atoms with Crippen molar-refractivity contribution in [2.75, 3.05) is 0 Å². The summed E-state index contributed by atoms with van der Waals surface area (Å²) in [7, 11) is -11.6. The molecular formula is C7H9Cl2NO8P2S. The van der Waals surface area contributed by atoms with Crippen LogP contribution in [0.2, 0.25) is 10.0 Å². The molecule has 1 rings (SSSR count). The Morgan fingerprint density at radius 1 is 1.10 bits per heavy atom. The fourth-order valence-corrected chi connectivity index (χ4v) is 3.31. The summed E-state index contributed by atoms with van der Waals surface area (Å²) >= 11 is 11.3. The molecule has 0 saturated heterocycles. The van der Waals surface area contributed by atoms with E-state index in [-0.39, 0.29) is 14.9 Å². The molecule has 1 aromatic carbocycles. The van der Waals surface area contributed by atoms with Crippen molar-refractivity contribution in [2.45, 2.75) is 11.3 Å². The van der Waals surface area contributed by atoms with Crippen LogP contribution in [0, 0.1) is 0 Å². The molecule has 0 bridgehead atoms. The van der Waals surface area contributed by atoms with Crippen molar-refractivity contribution in [3.05, 3.63) is 28.2 Å². The number of nitrogens with one attached hydrogen (secondary N) is 1. The van der Waals surface area contributed by atoms with Crippen LogP contribution in [-0.2, 0) is 28.2 Å². The Hall–Kier alpha value is 0.01000. The zero-order valence-corrected chi connectivity index (χ0v) is 14.1. The van der Waals surface area contributed by atoms with Crippen LogP contribution >= 0.6 is 39.7 Å². The van der Waals surface area contributed by atoms with E-state index in [2.05, 4.69) is 9.05 Å². The van der Waals surface area contributed by atoms with E-state index in [4.69, 9.17) is 33.0 Å². The lowest BCUT2D eigenvalue weighted by molar-refractivity contribution is -0.00569. The Morgan fingerprint density at radius 3 is 2.05 bits per heavy atom. The molecule has 2 unspecified atom stereocenters. The fraction of sp³-hybridized carbons (Fsp3) is 0.143. The van der Waals surface area contributed by atoms with Gasteiger partial charge in [-0.1, -0.05) is 23.2 Å². The van der Waals surface area contributed by atoms with E-state index in [1.165, 1.54) is 6.07 Å². The van der Waals surface area contributed by atoms with Gasteiger partial charge in [-0.3, -0.25) is 18.2 Å². The molecule has 0 aliphatic carbocycles. The monoisotopic (exact) mass is 399 g/mol. The molecule has 0 aliphatic heterocycles. The second-order valence-electron chi connectivity index (χ2n) is 3.30. The van der Waals surface area contributed by atoms with Gasteiger partial charge in [-0.25, -0.2) is 8.42 Å². The van der Waals surface area contributed by atoms with Crippen LogP contribution in [-0.4, -0.2) is 24.6 Å². The highest BCUT2D eigenvalue weighted by Crippen LogP contribution is 2.28. The van der Waals surface area contributed by atoms with E-state index in [1.54, 1.807) is 4.72 Å². The molecule has 0 heterocycles. The Kier molecular flexibility index (Phi) is 7.29. The molecular weight excluding hydrogens is 391 g/mol. The first kappa shape index (κ1) is 19.1. The molecule has 0 radical (unpaired) electrons. The molecule has 0 aliphatic rings. The van der Waals surface area contributed by atoms with E-state index in [0.717, 1.165) is 12.1 Å². The molecule has 0 fully saturated rings. The van der Waals surface area contributed by atoms with Crippen LogP contribution in [0.5, 0.6) is 0 Å². The first-order chi connectivity index (χ1) is 9.61. The van der Waals surface area contributed by atoms with Crippen molar-refractivity contribution in [3.8, 4) is 0 Å². The van der Waals surface area contributed by atoms with Crippen LogP contribution in [0.1, 0.15) is 0 Å². The average Bonchev–Trinajstić information content (AvgIpc) is 2.29. The number of benzene rings is 1. The van der Waals surface area contributed by atoms with Crippen LogP contribution in [0.25, 0.3) is 0 Å². The second kappa shape index (κ2) is 8.03. The number of rotatable bonds is 7. The van der Waals surface area contributed by atoms with Crippen molar-refractivity contribution in [1.29, 1.82) is 0 Å². The van der Waals surface area contributed by atoms with Crippen molar-refractivity contribution in [3.63, 3.8) is 0 Å². The Balaban J connectivity index is 3.01. The largest absolute Gasteiger partial charge is 0.326 e. The topological polar surface area (TPSA) is 139 Å². The molecule has 9 nitrogen and oxygen atoms in total. The van der Waals surface area contributed by atoms with Gasteiger partial charge in [0.25, 0.3) is 0 Å². The van der Waals surface area contributed by atoms with Gasteiger partial charge in [0.05, 0.1) is 14.9 Å². The van der Waals surface area contributed by atoms with Gasteiger partial charge in [-0.15, -0.1) is 0 Å². The van der Waals surface area contributed by atoms with E-state index >= 15 is 0 Å². The first-order valence-electron chi connectivity index (χ1n) is 4.88. The normalized spacial score (nSPS) is 16.4. The SMILES string of the molecule is O=[PH](O)OC(NS(=O)(=O)c1ccc(Cl)c(Cl)c1)O[PH](=O)O. The summed E-state index contributed by atoms with van der Waals surface area (Å²) in [5, 5.41) is 0.0601. The predicted molar refractivity (Wildman–Crippen MR) is 75.2 cm³/mol. The van der Waals surface area contributed by atoms with Gasteiger partial charge >= 0.3 is 16.5 Å². The second-order valence-corrected chi connectivity index (χ2v) is 7.36. The van der Waals surface area contributed by atoms with Gasteiger partial charge in [0.15, 0.2) is 0 Å². The minimum atomic E-state index is -4.30. The van der Waals surface area contributed by atoms with E-state index in [0.29, 0.717) is 0 Å². The average molecular weight is 400 g/mol.